The zero-order valence-corrected chi connectivity index (χ0v) is 26.8. The largest absolute Gasteiger partial charge is 0.398 e. The third kappa shape index (κ3) is 5.38. The Balaban J connectivity index is 1.57. The average molecular weight is 607 g/mol. The third-order valence-electron chi connectivity index (χ3n) is 9.47. The van der Waals surface area contributed by atoms with Crippen molar-refractivity contribution in [2.75, 3.05) is 11.5 Å². The lowest BCUT2D eigenvalue weighted by atomic mass is 9.64. The number of nitrogens with two attached hydrogens (primary N) is 2. The molecule has 2 heteroatoms. The molecular weight excluding hydrogens is 569 g/mol. The Labute approximate surface area is 278 Å². The van der Waals surface area contributed by atoms with Crippen molar-refractivity contribution in [1.82, 2.24) is 0 Å². The smallest absolute Gasteiger partial charge is 0.0702 e. The van der Waals surface area contributed by atoms with Crippen LogP contribution in [-0.4, -0.2) is 0 Å². The summed E-state index contributed by atoms with van der Waals surface area (Å²) < 4.78 is 0. The van der Waals surface area contributed by atoms with E-state index in [-0.39, 0.29) is 0 Å². The molecular formula is C45H38N2. The molecule has 0 spiro atoms. The number of nitrogen functional groups attached to an aromatic ring is 2. The number of rotatable bonds is 7. The van der Waals surface area contributed by atoms with Crippen molar-refractivity contribution in [2.24, 2.45) is 0 Å². The van der Waals surface area contributed by atoms with Gasteiger partial charge < -0.3 is 11.5 Å². The number of hydrogen-bond donors (Lipinski definition) is 2. The molecule has 228 valence electrons. The summed E-state index contributed by atoms with van der Waals surface area (Å²) in [4.78, 5) is 0. The molecule has 7 aromatic rings. The van der Waals surface area contributed by atoms with E-state index >= 15 is 0 Å². The molecule has 0 atom stereocenters. The van der Waals surface area contributed by atoms with Crippen LogP contribution in [0.15, 0.2) is 170 Å². The molecule has 4 N–H and O–H groups in total. The maximum Gasteiger partial charge on any atom is 0.0702 e. The van der Waals surface area contributed by atoms with Crippen LogP contribution >= 0.6 is 0 Å². The number of benzene rings is 7. The van der Waals surface area contributed by atoms with Crippen molar-refractivity contribution < 1.29 is 0 Å². The number of hydrogen-bond acceptors (Lipinski definition) is 2. The molecule has 0 aliphatic heterocycles. The first-order valence-electron chi connectivity index (χ1n) is 16.1. The Morgan fingerprint density at radius 1 is 0.340 bits per heavy atom. The van der Waals surface area contributed by atoms with E-state index in [9.17, 15) is 0 Å². The third-order valence-corrected chi connectivity index (χ3v) is 9.47. The summed E-state index contributed by atoms with van der Waals surface area (Å²) in [5.41, 5.74) is 27.9. The molecule has 0 unspecified atom stereocenters. The zero-order chi connectivity index (χ0) is 32.4. The van der Waals surface area contributed by atoms with Gasteiger partial charge in [0.1, 0.15) is 0 Å². The standard InChI is InChI=1S/C45H38N2/c1-31-13-9-11-19-39(31)41-29-37(25-27-43(41)46)45(35-17-7-4-8-18-35,36-23-21-34(22-24-36)33-15-5-3-6-16-33)38-26-28-44(47)42(30-38)40-20-12-10-14-32(40)2/h3-30H,46-47H2,1-2H3. The van der Waals surface area contributed by atoms with Crippen molar-refractivity contribution in [3.63, 3.8) is 0 Å². The lowest BCUT2D eigenvalue weighted by Crippen LogP contribution is -2.31. The molecule has 0 radical (unpaired) electrons. The van der Waals surface area contributed by atoms with Crippen LogP contribution in [0.3, 0.4) is 0 Å². The molecule has 0 bridgehead atoms. The fourth-order valence-corrected chi connectivity index (χ4v) is 7.03. The highest BCUT2D eigenvalue weighted by Gasteiger charge is 2.39. The van der Waals surface area contributed by atoms with Crippen LogP contribution in [0.4, 0.5) is 11.4 Å². The summed E-state index contributed by atoms with van der Waals surface area (Å²) >= 11 is 0. The quantitative estimate of drug-likeness (QED) is 0.140. The summed E-state index contributed by atoms with van der Waals surface area (Å²) in [7, 11) is 0. The van der Waals surface area contributed by atoms with E-state index in [1.54, 1.807) is 0 Å². The Morgan fingerprint density at radius 2 is 0.723 bits per heavy atom. The van der Waals surface area contributed by atoms with Crippen LogP contribution in [0.5, 0.6) is 0 Å². The lowest BCUT2D eigenvalue weighted by molar-refractivity contribution is 0.746. The van der Waals surface area contributed by atoms with Gasteiger partial charge >= 0.3 is 0 Å². The summed E-state index contributed by atoms with van der Waals surface area (Å²) in [6.07, 6.45) is 0. The van der Waals surface area contributed by atoms with Crippen LogP contribution in [0.1, 0.15) is 33.4 Å². The van der Waals surface area contributed by atoms with Crippen LogP contribution in [0.25, 0.3) is 33.4 Å². The Morgan fingerprint density at radius 3 is 1.21 bits per heavy atom. The second kappa shape index (κ2) is 12.5. The van der Waals surface area contributed by atoms with Gasteiger partial charge in [0.15, 0.2) is 0 Å². The van der Waals surface area contributed by atoms with Crippen LogP contribution in [0.2, 0.25) is 0 Å². The summed E-state index contributed by atoms with van der Waals surface area (Å²) in [5, 5.41) is 0. The molecule has 0 fully saturated rings. The summed E-state index contributed by atoms with van der Waals surface area (Å²) in [6.45, 7) is 4.28. The second-order valence-corrected chi connectivity index (χ2v) is 12.3. The molecule has 47 heavy (non-hydrogen) atoms. The monoisotopic (exact) mass is 606 g/mol. The SMILES string of the molecule is Cc1ccccc1-c1cc(C(c2ccccc2)(c2ccc(-c3ccccc3)cc2)c2ccc(N)c(-c3ccccc3C)c2)ccc1N. The van der Waals surface area contributed by atoms with Crippen molar-refractivity contribution >= 4 is 11.4 Å². The van der Waals surface area contributed by atoms with E-state index < -0.39 is 5.41 Å². The minimum atomic E-state index is -0.688. The second-order valence-electron chi connectivity index (χ2n) is 12.3. The molecule has 7 rings (SSSR count). The van der Waals surface area contributed by atoms with E-state index in [0.29, 0.717) is 0 Å². The van der Waals surface area contributed by atoms with Gasteiger partial charge in [0.05, 0.1) is 5.41 Å². The van der Waals surface area contributed by atoms with Crippen molar-refractivity contribution in [3.8, 4) is 33.4 Å². The van der Waals surface area contributed by atoms with Gasteiger partial charge in [0, 0.05) is 22.5 Å². The molecule has 0 amide bonds. The van der Waals surface area contributed by atoms with E-state index in [2.05, 4.69) is 184 Å². The van der Waals surface area contributed by atoms with E-state index in [0.717, 1.165) is 55.9 Å². The fourth-order valence-electron chi connectivity index (χ4n) is 7.03. The van der Waals surface area contributed by atoms with Gasteiger partial charge in [-0.25, -0.2) is 0 Å². The molecule has 0 aromatic heterocycles. The predicted molar refractivity (Wildman–Crippen MR) is 199 cm³/mol. The van der Waals surface area contributed by atoms with Gasteiger partial charge in [-0.3, -0.25) is 0 Å². The first kappa shape index (κ1) is 29.8. The zero-order valence-electron chi connectivity index (χ0n) is 26.8. The molecule has 7 aromatic carbocycles. The van der Waals surface area contributed by atoms with Crippen molar-refractivity contribution in [1.29, 1.82) is 0 Å². The molecule has 0 heterocycles. The minimum absolute atomic E-state index is 0.688. The molecule has 2 nitrogen and oxygen atoms in total. The minimum Gasteiger partial charge on any atom is -0.398 e. The van der Waals surface area contributed by atoms with Crippen LogP contribution in [0, 0.1) is 13.8 Å². The highest BCUT2D eigenvalue weighted by atomic mass is 14.6. The highest BCUT2D eigenvalue weighted by Crippen LogP contribution is 2.48. The summed E-state index contributed by atoms with van der Waals surface area (Å²) in [6, 6.07) is 60.4. The van der Waals surface area contributed by atoms with E-state index in [1.807, 2.05) is 0 Å². The Hall–Kier alpha value is -5.86. The van der Waals surface area contributed by atoms with Gasteiger partial charge in [0.25, 0.3) is 0 Å². The van der Waals surface area contributed by atoms with Gasteiger partial charge in [-0.2, -0.15) is 0 Å². The van der Waals surface area contributed by atoms with Gasteiger partial charge in [-0.05, 0) is 93.7 Å². The molecule has 0 saturated carbocycles. The van der Waals surface area contributed by atoms with E-state index in [1.165, 1.54) is 22.3 Å². The predicted octanol–water partition coefficient (Wildman–Crippen LogP) is 10.9. The normalized spacial score (nSPS) is 11.4. The first-order chi connectivity index (χ1) is 23.0. The fraction of sp³-hybridized carbons (Fsp3) is 0.0667. The lowest BCUT2D eigenvalue weighted by Gasteiger charge is -2.38. The Bertz CT molecular complexity index is 2070. The van der Waals surface area contributed by atoms with Gasteiger partial charge in [0.2, 0.25) is 0 Å². The van der Waals surface area contributed by atoms with Gasteiger partial charge in [-0.1, -0.05) is 146 Å². The molecule has 0 aliphatic rings. The van der Waals surface area contributed by atoms with Crippen molar-refractivity contribution in [3.05, 3.63) is 203 Å². The number of anilines is 2. The van der Waals surface area contributed by atoms with E-state index in [4.69, 9.17) is 11.5 Å². The van der Waals surface area contributed by atoms with Crippen LogP contribution < -0.4 is 11.5 Å². The van der Waals surface area contributed by atoms with Crippen LogP contribution in [-0.2, 0) is 5.41 Å². The average Bonchev–Trinajstić information content (AvgIpc) is 3.12. The maximum absolute atomic E-state index is 6.75. The molecule has 0 saturated heterocycles. The van der Waals surface area contributed by atoms with Crippen molar-refractivity contribution in [2.45, 2.75) is 19.3 Å². The molecule has 0 aliphatic carbocycles. The highest BCUT2D eigenvalue weighted by molar-refractivity contribution is 5.83. The number of aryl methyl sites for hydroxylation is 2. The topological polar surface area (TPSA) is 52.0 Å². The maximum atomic E-state index is 6.75. The Kier molecular flexibility index (Phi) is 7.93. The van der Waals surface area contributed by atoms with Gasteiger partial charge in [-0.15, -0.1) is 0 Å². The summed E-state index contributed by atoms with van der Waals surface area (Å²) in [5.74, 6) is 0. The first-order valence-corrected chi connectivity index (χ1v) is 16.1.